The van der Waals surface area contributed by atoms with Gasteiger partial charge in [-0.05, 0) is 42.6 Å². The third-order valence-corrected chi connectivity index (χ3v) is 5.86. The van der Waals surface area contributed by atoms with E-state index in [1.807, 2.05) is 24.3 Å². The van der Waals surface area contributed by atoms with Crippen LogP contribution >= 0.6 is 11.3 Å². The Morgan fingerprint density at radius 2 is 2.00 bits per heavy atom. The van der Waals surface area contributed by atoms with E-state index in [4.69, 9.17) is 9.47 Å². The van der Waals surface area contributed by atoms with Crippen LogP contribution in [0.2, 0.25) is 0 Å². The lowest BCUT2D eigenvalue weighted by Crippen LogP contribution is -2.44. The molecule has 0 unspecified atom stereocenters. The van der Waals surface area contributed by atoms with Gasteiger partial charge in [-0.1, -0.05) is 6.07 Å². The second-order valence-electron chi connectivity index (χ2n) is 6.97. The first-order valence-electron chi connectivity index (χ1n) is 9.68. The number of anilines is 1. The van der Waals surface area contributed by atoms with Gasteiger partial charge in [0.25, 0.3) is 0 Å². The number of rotatable bonds is 9. The van der Waals surface area contributed by atoms with Crippen LogP contribution in [0.4, 0.5) is 5.69 Å². The molecular weight excluding hydrogens is 374 g/mol. The van der Waals surface area contributed by atoms with Crippen molar-refractivity contribution >= 4 is 22.9 Å². The van der Waals surface area contributed by atoms with E-state index in [9.17, 15) is 4.79 Å². The molecule has 6 nitrogen and oxygen atoms in total. The summed E-state index contributed by atoms with van der Waals surface area (Å²) >= 11 is 1.78. The van der Waals surface area contributed by atoms with Crippen molar-refractivity contribution in [3.05, 3.63) is 46.7 Å². The summed E-state index contributed by atoms with van der Waals surface area (Å²) in [6.07, 6.45) is 0.423. The average molecular weight is 404 g/mol. The summed E-state index contributed by atoms with van der Waals surface area (Å²) in [5.74, 6) is 0.778. The van der Waals surface area contributed by atoms with Gasteiger partial charge >= 0.3 is 0 Å². The molecular formula is C21H29N3O3S. The molecule has 2 aromatic rings. The van der Waals surface area contributed by atoms with Crippen molar-refractivity contribution < 1.29 is 14.3 Å². The summed E-state index contributed by atoms with van der Waals surface area (Å²) in [5, 5.41) is 8.61. The normalized spacial score (nSPS) is 17.1. The zero-order valence-electron chi connectivity index (χ0n) is 16.5. The van der Waals surface area contributed by atoms with Gasteiger partial charge in [-0.3, -0.25) is 9.69 Å². The summed E-state index contributed by atoms with van der Waals surface area (Å²) < 4.78 is 10.6. The molecule has 3 rings (SSSR count). The molecule has 1 amide bonds. The minimum atomic E-state index is 0.00390. The first-order chi connectivity index (χ1) is 13.7. The molecule has 1 aliphatic rings. The maximum absolute atomic E-state index is 12.3. The van der Waals surface area contributed by atoms with E-state index in [-0.39, 0.29) is 11.9 Å². The van der Waals surface area contributed by atoms with E-state index in [1.165, 1.54) is 4.88 Å². The number of hydrogen-bond donors (Lipinski definition) is 2. The highest BCUT2D eigenvalue weighted by Crippen LogP contribution is 2.25. The number of hydrogen-bond acceptors (Lipinski definition) is 6. The molecule has 0 spiro atoms. The Labute approximate surface area is 170 Å². The molecule has 1 fully saturated rings. The minimum Gasteiger partial charge on any atom is -0.497 e. The van der Waals surface area contributed by atoms with Crippen molar-refractivity contribution in [3.8, 4) is 5.75 Å². The maximum atomic E-state index is 12.3. The zero-order chi connectivity index (χ0) is 19.8. The molecule has 28 heavy (non-hydrogen) atoms. The van der Waals surface area contributed by atoms with Gasteiger partial charge in [0.15, 0.2) is 0 Å². The Morgan fingerprint density at radius 3 is 2.64 bits per heavy atom. The average Bonchev–Trinajstić information content (AvgIpc) is 3.24. The molecule has 0 bridgehead atoms. The van der Waals surface area contributed by atoms with Crippen molar-refractivity contribution in [1.82, 2.24) is 10.2 Å². The highest BCUT2D eigenvalue weighted by atomic mass is 32.1. The fraction of sp³-hybridized carbons (Fsp3) is 0.476. The molecule has 1 aliphatic heterocycles. The van der Waals surface area contributed by atoms with Gasteiger partial charge < -0.3 is 20.1 Å². The van der Waals surface area contributed by atoms with E-state index in [1.54, 1.807) is 18.4 Å². The van der Waals surface area contributed by atoms with E-state index < -0.39 is 0 Å². The van der Waals surface area contributed by atoms with Gasteiger partial charge in [0.05, 0.1) is 26.4 Å². The minimum absolute atomic E-state index is 0.00390. The van der Waals surface area contributed by atoms with E-state index in [0.717, 1.165) is 44.3 Å². The fourth-order valence-corrected chi connectivity index (χ4v) is 4.19. The second-order valence-corrected chi connectivity index (χ2v) is 7.95. The third-order valence-electron chi connectivity index (χ3n) is 4.88. The third kappa shape index (κ3) is 6.04. The number of morpholine rings is 1. The molecule has 0 saturated carbocycles. The largest absolute Gasteiger partial charge is 0.497 e. The van der Waals surface area contributed by atoms with Gasteiger partial charge in [0, 0.05) is 42.7 Å². The molecule has 1 saturated heterocycles. The Bertz CT molecular complexity index is 715. The number of amides is 1. The van der Waals surface area contributed by atoms with Crippen LogP contribution in [0.15, 0.2) is 41.8 Å². The highest BCUT2D eigenvalue weighted by molar-refractivity contribution is 7.10. The molecule has 0 aliphatic carbocycles. The zero-order valence-corrected chi connectivity index (χ0v) is 17.3. The fourth-order valence-electron chi connectivity index (χ4n) is 3.33. The molecule has 152 valence electrons. The Kier molecular flexibility index (Phi) is 7.85. The van der Waals surface area contributed by atoms with Crippen LogP contribution in [0.3, 0.4) is 0 Å². The lowest BCUT2D eigenvalue weighted by atomic mass is 10.1. The maximum Gasteiger partial charge on any atom is 0.225 e. The molecule has 0 radical (unpaired) electrons. The molecule has 1 aromatic heterocycles. The predicted molar refractivity (Wildman–Crippen MR) is 113 cm³/mol. The lowest BCUT2D eigenvalue weighted by Gasteiger charge is -2.34. The Balaban J connectivity index is 1.49. The van der Waals surface area contributed by atoms with Crippen LogP contribution in [0.1, 0.15) is 24.3 Å². The summed E-state index contributed by atoms with van der Waals surface area (Å²) in [7, 11) is 1.63. The van der Waals surface area contributed by atoms with Crippen molar-refractivity contribution in [1.29, 1.82) is 0 Å². The number of nitrogens with zero attached hydrogens (tertiary/aromatic N) is 1. The molecule has 2 N–H and O–H groups in total. The smallest absolute Gasteiger partial charge is 0.225 e. The molecule has 2 heterocycles. The van der Waals surface area contributed by atoms with Crippen molar-refractivity contribution in [2.24, 2.45) is 0 Å². The highest BCUT2D eigenvalue weighted by Gasteiger charge is 2.24. The monoisotopic (exact) mass is 403 g/mol. The number of thiophene rings is 1. The lowest BCUT2D eigenvalue weighted by molar-refractivity contribution is -0.116. The number of carbonyl (C=O) groups is 1. The van der Waals surface area contributed by atoms with Crippen LogP contribution in [0.5, 0.6) is 5.75 Å². The SMILES string of the molecule is COc1ccc(NC(=O)C[C@H](C)NC[C@H](c2cccs2)N2CCOCC2)cc1. The Hall–Kier alpha value is -1.93. The van der Waals surface area contributed by atoms with Gasteiger partial charge in [-0.25, -0.2) is 0 Å². The number of carbonyl (C=O) groups excluding carboxylic acids is 1. The quantitative estimate of drug-likeness (QED) is 0.674. The first kappa shape index (κ1) is 20.8. The summed E-state index contributed by atoms with van der Waals surface area (Å²) in [6, 6.07) is 12.1. The molecule has 2 atom stereocenters. The van der Waals surface area contributed by atoms with Crippen LogP contribution in [-0.4, -0.2) is 56.8 Å². The topological polar surface area (TPSA) is 62.8 Å². The van der Waals surface area contributed by atoms with Crippen molar-refractivity contribution in [3.63, 3.8) is 0 Å². The van der Waals surface area contributed by atoms with E-state index >= 15 is 0 Å². The van der Waals surface area contributed by atoms with E-state index in [0.29, 0.717) is 12.5 Å². The first-order valence-corrected chi connectivity index (χ1v) is 10.6. The van der Waals surface area contributed by atoms with E-state index in [2.05, 4.69) is 40.0 Å². The standard InChI is InChI=1S/C21H29N3O3S/c1-16(14-21(25)23-17-5-7-18(26-2)8-6-17)22-15-19(20-4-3-13-28-20)24-9-11-27-12-10-24/h3-8,13,16,19,22H,9-12,14-15H2,1-2H3,(H,23,25)/t16-,19+/m0/s1. The predicted octanol–water partition coefficient (Wildman–Crippen LogP) is 3.14. The number of ether oxygens (including phenoxy) is 2. The summed E-state index contributed by atoms with van der Waals surface area (Å²) in [6.45, 7) is 6.31. The van der Waals surface area contributed by atoms with Gasteiger partial charge in [0.1, 0.15) is 5.75 Å². The molecule has 7 heteroatoms. The summed E-state index contributed by atoms with van der Waals surface area (Å²) in [5.41, 5.74) is 0.780. The van der Waals surface area contributed by atoms with Crippen molar-refractivity contribution in [2.45, 2.75) is 25.4 Å². The van der Waals surface area contributed by atoms with Gasteiger partial charge in [-0.2, -0.15) is 0 Å². The van der Waals surface area contributed by atoms with Crippen molar-refractivity contribution in [2.75, 3.05) is 45.3 Å². The van der Waals surface area contributed by atoms with Crippen LogP contribution in [-0.2, 0) is 9.53 Å². The number of benzene rings is 1. The summed E-state index contributed by atoms with van der Waals surface area (Å²) in [4.78, 5) is 16.2. The second kappa shape index (κ2) is 10.6. The van der Waals surface area contributed by atoms with Crippen LogP contribution in [0, 0.1) is 0 Å². The number of methoxy groups -OCH3 is 1. The van der Waals surface area contributed by atoms with Gasteiger partial charge in [-0.15, -0.1) is 11.3 Å². The molecule has 1 aromatic carbocycles. The Morgan fingerprint density at radius 1 is 1.25 bits per heavy atom. The number of nitrogens with one attached hydrogen (secondary N) is 2. The van der Waals surface area contributed by atoms with Crippen LogP contribution in [0.25, 0.3) is 0 Å². The van der Waals surface area contributed by atoms with Gasteiger partial charge in [0.2, 0.25) is 5.91 Å². The van der Waals surface area contributed by atoms with Crippen LogP contribution < -0.4 is 15.4 Å².